The number of ether oxygens (including phenoxy) is 1. The molecule has 116 valence electrons. The summed E-state index contributed by atoms with van der Waals surface area (Å²) in [6.45, 7) is 9.25. The molecule has 1 aliphatic heterocycles. The molecule has 0 bridgehead atoms. The van der Waals surface area contributed by atoms with Crippen LogP contribution < -0.4 is 4.74 Å². The molecule has 0 saturated carbocycles. The largest absolute Gasteiger partial charge is 0.493 e. The number of likely N-dealkylation sites (tertiary alicyclic amines) is 1. The minimum absolute atomic E-state index is 0.0460. The smallest absolute Gasteiger partial charge is 0.226 e. The van der Waals surface area contributed by atoms with E-state index < -0.39 is 5.60 Å². The first kappa shape index (κ1) is 15.8. The number of aliphatic hydroxyl groups is 1. The van der Waals surface area contributed by atoms with E-state index in [0.29, 0.717) is 26.1 Å². The molecule has 1 amide bonds. The number of carbonyl (C=O) groups excluding carboxylic acids is 1. The number of hydrogen-bond acceptors (Lipinski definition) is 3. The van der Waals surface area contributed by atoms with E-state index in [9.17, 15) is 9.90 Å². The minimum atomic E-state index is -0.704. The van der Waals surface area contributed by atoms with E-state index >= 15 is 0 Å². The lowest BCUT2D eigenvalue weighted by atomic mass is 9.83. The second-order valence-electron chi connectivity index (χ2n) is 6.43. The highest BCUT2D eigenvalue weighted by molar-refractivity contribution is 5.77. The molecule has 21 heavy (non-hydrogen) atoms. The molecule has 1 fully saturated rings. The maximum absolute atomic E-state index is 12.0. The zero-order chi connectivity index (χ0) is 15.6. The van der Waals surface area contributed by atoms with Gasteiger partial charge in [0, 0.05) is 0 Å². The van der Waals surface area contributed by atoms with Crippen LogP contribution in [0.2, 0.25) is 0 Å². The quantitative estimate of drug-likeness (QED) is 0.905. The van der Waals surface area contributed by atoms with Gasteiger partial charge < -0.3 is 14.7 Å². The Morgan fingerprint density at radius 2 is 1.86 bits per heavy atom. The molecule has 1 aromatic carbocycles. The zero-order valence-electron chi connectivity index (χ0n) is 13.3. The average Bonchev–Trinajstić information content (AvgIpc) is 2.33. The molecule has 0 spiro atoms. The molecule has 4 heteroatoms. The lowest BCUT2D eigenvalue weighted by molar-refractivity contribution is -0.164. The Labute approximate surface area is 126 Å². The molecule has 1 N–H and O–H groups in total. The Morgan fingerprint density at radius 1 is 1.29 bits per heavy atom. The maximum Gasteiger partial charge on any atom is 0.226 e. The number of aryl methyl sites for hydroxylation is 2. The Bertz CT molecular complexity index is 499. The Morgan fingerprint density at radius 3 is 2.38 bits per heavy atom. The van der Waals surface area contributed by atoms with Gasteiger partial charge in [-0.05, 0) is 43.0 Å². The van der Waals surface area contributed by atoms with Crippen molar-refractivity contribution in [1.29, 1.82) is 0 Å². The fourth-order valence-electron chi connectivity index (χ4n) is 2.59. The van der Waals surface area contributed by atoms with Crippen LogP contribution in [0, 0.1) is 19.8 Å². The topological polar surface area (TPSA) is 49.8 Å². The predicted octanol–water partition coefficient (Wildman–Crippen LogP) is 2.30. The second kappa shape index (κ2) is 6.06. The number of rotatable bonds is 5. The molecule has 4 nitrogen and oxygen atoms in total. The number of β-amino-alcohol motifs (C(OH)–C–C–N with tert-alkyl or cyclic N) is 1. The van der Waals surface area contributed by atoms with Gasteiger partial charge in [-0.25, -0.2) is 0 Å². The van der Waals surface area contributed by atoms with Crippen molar-refractivity contribution in [3.8, 4) is 5.75 Å². The third-order valence-electron chi connectivity index (χ3n) is 4.14. The summed E-state index contributed by atoms with van der Waals surface area (Å²) < 4.78 is 5.65. The second-order valence-corrected chi connectivity index (χ2v) is 6.43. The van der Waals surface area contributed by atoms with Gasteiger partial charge in [0.2, 0.25) is 5.91 Å². The van der Waals surface area contributed by atoms with Gasteiger partial charge in [0.1, 0.15) is 11.4 Å². The average molecular weight is 291 g/mol. The van der Waals surface area contributed by atoms with Crippen LogP contribution in [0.5, 0.6) is 5.75 Å². The van der Waals surface area contributed by atoms with Crippen molar-refractivity contribution in [2.75, 3.05) is 19.7 Å². The van der Waals surface area contributed by atoms with Crippen LogP contribution >= 0.6 is 0 Å². The fourth-order valence-corrected chi connectivity index (χ4v) is 2.59. The molecule has 0 atom stereocenters. The SMILES string of the molecule is Cc1cc(C)cc(OCCC(=O)N2CC(O)(C(C)C)C2)c1. The van der Waals surface area contributed by atoms with E-state index in [2.05, 4.69) is 6.07 Å². The van der Waals surface area contributed by atoms with Gasteiger partial charge in [-0.1, -0.05) is 19.9 Å². The van der Waals surface area contributed by atoms with Crippen LogP contribution in [-0.4, -0.2) is 41.2 Å². The fraction of sp³-hybridized carbons (Fsp3) is 0.588. The van der Waals surface area contributed by atoms with Crippen molar-refractivity contribution in [3.05, 3.63) is 29.3 Å². The number of hydrogen-bond donors (Lipinski definition) is 1. The highest BCUT2D eigenvalue weighted by Gasteiger charge is 2.45. The molecule has 0 aromatic heterocycles. The molecule has 1 aromatic rings. The first-order valence-electron chi connectivity index (χ1n) is 7.51. The summed E-state index contributed by atoms with van der Waals surface area (Å²) in [5.41, 5.74) is 1.60. The molecule has 0 aliphatic carbocycles. The summed E-state index contributed by atoms with van der Waals surface area (Å²) in [6, 6.07) is 6.03. The highest BCUT2D eigenvalue weighted by atomic mass is 16.5. The lowest BCUT2D eigenvalue weighted by Gasteiger charge is -2.49. The van der Waals surface area contributed by atoms with E-state index in [4.69, 9.17) is 4.74 Å². The van der Waals surface area contributed by atoms with Crippen molar-refractivity contribution >= 4 is 5.91 Å². The van der Waals surface area contributed by atoms with Gasteiger partial charge in [-0.15, -0.1) is 0 Å². The van der Waals surface area contributed by atoms with Crippen LogP contribution in [0.25, 0.3) is 0 Å². The molecule has 0 unspecified atom stereocenters. The van der Waals surface area contributed by atoms with Gasteiger partial charge in [0.05, 0.1) is 26.1 Å². The molecule has 1 heterocycles. The normalized spacial score (nSPS) is 16.8. The minimum Gasteiger partial charge on any atom is -0.493 e. The monoisotopic (exact) mass is 291 g/mol. The Hall–Kier alpha value is -1.55. The lowest BCUT2D eigenvalue weighted by Crippen LogP contribution is -2.66. The molecule has 2 rings (SSSR count). The number of nitrogens with zero attached hydrogens (tertiary/aromatic N) is 1. The van der Waals surface area contributed by atoms with Gasteiger partial charge in [-0.2, -0.15) is 0 Å². The van der Waals surface area contributed by atoms with Crippen LogP contribution in [0.4, 0.5) is 0 Å². The van der Waals surface area contributed by atoms with Crippen molar-refractivity contribution in [1.82, 2.24) is 4.90 Å². The van der Waals surface area contributed by atoms with Crippen molar-refractivity contribution < 1.29 is 14.6 Å². The van der Waals surface area contributed by atoms with E-state index in [1.165, 1.54) is 0 Å². The van der Waals surface area contributed by atoms with Crippen molar-refractivity contribution in [2.45, 2.75) is 39.7 Å². The van der Waals surface area contributed by atoms with E-state index in [-0.39, 0.29) is 11.8 Å². The highest BCUT2D eigenvalue weighted by Crippen LogP contribution is 2.28. The first-order valence-corrected chi connectivity index (χ1v) is 7.51. The predicted molar refractivity (Wildman–Crippen MR) is 82.4 cm³/mol. The summed E-state index contributed by atoms with van der Waals surface area (Å²) >= 11 is 0. The van der Waals surface area contributed by atoms with Crippen LogP contribution in [0.15, 0.2) is 18.2 Å². The van der Waals surface area contributed by atoms with Crippen LogP contribution in [0.1, 0.15) is 31.4 Å². The molecule has 1 aliphatic rings. The first-order chi connectivity index (χ1) is 9.80. The summed E-state index contributed by atoms with van der Waals surface area (Å²) in [7, 11) is 0. The third kappa shape index (κ3) is 3.76. The maximum atomic E-state index is 12.0. The van der Waals surface area contributed by atoms with Gasteiger partial charge in [0.15, 0.2) is 0 Å². The van der Waals surface area contributed by atoms with Gasteiger partial charge in [-0.3, -0.25) is 4.79 Å². The number of amides is 1. The van der Waals surface area contributed by atoms with E-state index in [1.54, 1.807) is 4.90 Å². The van der Waals surface area contributed by atoms with E-state index in [1.807, 2.05) is 39.8 Å². The summed E-state index contributed by atoms with van der Waals surface area (Å²) in [6.07, 6.45) is 0.348. The van der Waals surface area contributed by atoms with Gasteiger partial charge >= 0.3 is 0 Å². The van der Waals surface area contributed by atoms with Crippen LogP contribution in [0.3, 0.4) is 0 Å². The van der Waals surface area contributed by atoms with Crippen molar-refractivity contribution in [2.24, 2.45) is 5.92 Å². The Balaban J connectivity index is 1.76. The van der Waals surface area contributed by atoms with Gasteiger partial charge in [0.25, 0.3) is 0 Å². The van der Waals surface area contributed by atoms with E-state index in [0.717, 1.165) is 16.9 Å². The standard InChI is InChI=1S/C17H25NO3/c1-12(2)17(20)10-18(11-17)16(19)5-6-21-15-8-13(3)7-14(4)9-15/h7-9,12,20H,5-6,10-11H2,1-4H3. The summed E-state index contributed by atoms with van der Waals surface area (Å²) in [4.78, 5) is 13.7. The molecular weight excluding hydrogens is 266 g/mol. The molecule has 0 radical (unpaired) electrons. The van der Waals surface area contributed by atoms with Crippen molar-refractivity contribution in [3.63, 3.8) is 0 Å². The van der Waals surface area contributed by atoms with Crippen LogP contribution in [-0.2, 0) is 4.79 Å². The number of carbonyl (C=O) groups is 1. The Kier molecular flexibility index (Phi) is 4.57. The molecule has 1 saturated heterocycles. The summed E-state index contributed by atoms with van der Waals surface area (Å²) in [5, 5.41) is 10.1. The number of benzene rings is 1. The third-order valence-corrected chi connectivity index (χ3v) is 4.14. The molecular formula is C17H25NO3. The summed E-state index contributed by atoms with van der Waals surface area (Å²) in [5.74, 6) is 1.03. The zero-order valence-corrected chi connectivity index (χ0v) is 13.3.